The molecule has 0 aliphatic carbocycles. The van der Waals surface area contributed by atoms with Crippen molar-refractivity contribution in [2.75, 3.05) is 13.7 Å². The monoisotopic (exact) mass is 459 g/mol. The second kappa shape index (κ2) is 8.81. The molecule has 0 radical (unpaired) electrons. The van der Waals surface area contributed by atoms with Crippen LogP contribution in [0.2, 0.25) is 0 Å². The van der Waals surface area contributed by atoms with Gasteiger partial charge in [0.2, 0.25) is 0 Å². The van der Waals surface area contributed by atoms with Crippen molar-refractivity contribution in [3.8, 4) is 39.6 Å². The van der Waals surface area contributed by atoms with Crippen molar-refractivity contribution in [2.45, 2.75) is 6.18 Å². The standard InChI is InChI=1S/C23H17F4N3O3/c1-32-21-11-16(4-7-19(21)24)30-20(8-9-29-30)18-10-15(12-28-22(18)31)14-2-5-17(6-3-14)33-13-23(25,26)27/h2-12H,13H2,1H3,(H,28,31). The minimum atomic E-state index is -4.43. The summed E-state index contributed by atoms with van der Waals surface area (Å²) >= 11 is 0. The van der Waals surface area contributed by atoms with Crippen LogP contribution in [0.3, 0.4) is 0 Å². The van der Waals surface area contributed by atoms with Gasteiger partial charge in [-0.15, -0.1) is 0 Å². The molecule has 6 nitrogen and oxygen atoms in total. The normalized spacial score (nSPS) is 11.4. The van der Waals surface area contributed by atoms with Gasteiger partial charge < -0.3 is 14.5 Å². The Balaban J connectivity index is 1.67. The lowest BCUT2D eigenvalue weighted by Gasteiger charge is -2.11. The topological polar surface area (TPSA) is 69.1 Å². The van der Waals surface area contributed by atoms with Gasteiger partial charge in [0.05, 0.1) is 30.3 Å². The SMILES string of the molecule is COc1cc(-n2nccc2-c2cc(-c3ccc(OCC(F)(F)F)cc3)c[nH]c2=O)ccc1F. The first kappa shape index (κ1) is 22.1. The van der Waals surface area contributed by atoms with Crippen LogP contribution in [-0.4, -0.2) is 34.7 Å². The van der Waals surface area contributed by atoms with E-state index >= 15 is 0 Å². The molecule has 0 aliphatic rings. The Kier molecular flexibility index (Phi) is 5.91. The summed E-state index contributed by atoms with van der Waals surface area (Å²) in [6.07, 6.45) is -1.42. The van der Waals surface area contributed by atoms with Crippen LogP contribution in [0.15, 0.2) is 71.8 Å². The molecule has 0 atom stereocenters. The molecule has 0 amide bonds. The Hall–Kier alpha value is -4.08. The number of H-pyrrole nitrogens is 1. The number of methoxy groups -OCH3 is 1. The van der Waals surface area contributed by atoms with Gasteiger partial charge in [0, 0.05) is 12.3 Å². The van der Waals surface area contributed by atoms with E-state index in [9.17, 15) is 22.4 Å². The van der Waals surface area contributed by atoms with Crippen LogP contribution in [-0.2, 0) is 0 Å². The molecule has 170 valence electrons. The fourth-order valence-corrected chi connectivity index (χ4v) is 3.24. The molecule has 0 spiro atoms. The zero-order chi connectivity index (χ0) is 23.6. The van der Waals surface area contributed by atoms with Gasteiger partial charge in [-0.2, -0.15) is 18.3 Å². The molecule has 10 heteroatoms. The number of hydrogen-bond donors (Lipinski definition) is 1. The molecule has 1 N–H and O–H groups in total. The van der Waals surface area contributed by atoms with E-state index in [0.29, 0.717) is 28.1 Å². The van der Waals surface area contributed by atoms with Crippen molar-refractivity contribution in [1.82, 2.24) is 14.8 Å². The van der Waals surface area contributed by atoms with Gasteiger partial charge in [0.15, 0.2) is 18.2 Å². The predicted octanol–water partition coefficient (Wildman–Crippen LogP) is 4.98. The third kappa shape index (κ3) is 4.89. The summed E-state index contributed by atoms with van der Waals surface area (Å²) < 4.78 is 62.0. The van der Waals surface area contributed by atoms with Gasteiger partial charge >= 0.3 is 6.18 Å². The molecule has 0 saturated carbocycles. The van der Waals surface area contributed by atoms with E-state index in [2.05, 4.69) is 10.1 Å². The average Bonchev–Trinajstić information content (AvgIpc) is 3.28. The zero-order valence-corrected chi connectivity index (χ0v) is 17.2. The summed E-state index contributed by atoms with van der Waals surface area (Å²) in [4.78, 5) is 15.3. The summed E-state index contributed by atoms with van der Waals surface area (Å²) in [6.45, 7) is -1.38. The first-order chi connectivity index (χ1) is 15.7. The van der Waals surface area contributed by atoms with E-state index < -0.39 is 18.6 Å². The Bertz CT molecular complexity index is 1330. The van der Waals surface area contributed by atoms with Crippen LogP contribution >= 0.6 is 0 Å². The lowest BCUT2D eigenvalue weighted by molar-refractivity contribution is -0.153. The molecular weight excluding hydrogens is 442 g/mol. The highest BCUT2D eigenvalue weighted by molar-refractivity contribution is 5.71. The smallest absolute Gasteiger partial charge is 0.422 e. The fourth-order valence-electron chi connectivity index (χ4n) is 3.24. The minimum absolute atomic E-state index is 0.0319. The van der Waals surface area contributed by atoms with Crippen molar-refractivity contribution in [1.29, 1.82) is 0 Å². The van der Waals surface area contributed by atoms with Gasteiger partial charge in [-0.3, -0.25) is 4.79 Å². The summed E-state index contributed by atoms with van der Waals surface area (Å²) in [5.74, 6) is -0.425. The molecule has 2 aromatic heterocycles. The molecule has 0 fully saturated rings. The van der Waals surface area contributed by atoms with Crippen molar-refractivity contribution in [3.05, 3.63) is 83.2 Å². The minimum Gasteiger partial charge on any atom is -0.494 e. The number of aromatic amines is 1. The highest BCUT2D eigenvalue weighted by Crippen LogP contribution is 2.28. The predicted molar refractivity (Wildman–Crippen MR) is 113 cm³/mol. The molecule has 0 bridgehead atoms. The maximum absolute atomic E-state index is 13.8. The van der Waals surface area contributed by atoms with Gasteiger partial charge in [-0.25, -0.2) is 9.07 Å². The Labute approximate surface area is 185 Å². The van der Waals surface area contributed by atoms with E-state index in [1.54, 1.807) is 24.3 Å². The third-order valence-corrected chi connectivity index (χ3v) is 4.79. The van der Waals surface area contributed by atoms with Crippen LogP contribution in [0.5, 0.6) is 11.5 Å². The lowest BCUT2D eigenvalue weighted by Crippen LogP contribution is -2.19. The van der Waals surface area contributed by atoms with Crippen molar-refractivity contribution in [3.63, 3.8) is 0 Å². The summed E-state index contributed by atoms with van der Waals surface area (Å²) in [7, 11) is 1.35. The molecule has 4 aromatic rings. The molecular formula is C23H17F4N3O3. The lowest BCUT2D eigenvalue weighted by atomic mass is 10.0. The van der Waals surface area contributed by atoms with Crippen molar-refractivity contribution >= 4 is 0 Å². The van der Waals surface area contributed by atoms with Crippen LogP contribution in [0.25, 0.3) is 28.1 Å². The van der Waals surface area contributed by atoms with E-state index in [0.717, 1.165) is 0 Å². The maximum Gasteiger partial charge on any atom is 0.422 e. The van der Waals surface area contributed by atoms with E-state index in [1.807, 2.05) is 0 Å². The summed E-state index contributed by atoms with van der Waals surface area (Å²) in [5.41, 5.74) is 2.14. The number of nitrogens with zero attached hydrogens (tertiary/aromatic N) is 2. The number of aromatic nitrogens is 3. The molecule has 0 unspecified atom stereocenters. The van der Waals surface area contributed by atoms with E-state index in [-0.39, 0.29) is 17.1 Å². The first-order valence-corrected chi connectivity index (χ1v) is 9.66. The second-order valence-corrected chi connectivity index (χ2v) is 7.01. The Morgan fingerprint density at radius 1 is 1.03 bits per heavy atom. The van der Waals surface area contributed by atoms with Gasteiger partial charge in [0.25, 0.3) is 5.56 Å². The maximum atomic E-state index is 13.8. The van der Waals surface area contributed by atoms with Crippen LogP contribution in [0.1, 0.15) is 0 Å². The van der Waals surface area contributed by atoms with Crippen LogP contribution < -0.4 is 15.0 Å². The van der Waals surface area contributed by atoms with Gasteiger partial charge in [-0.1, -0.05) is 12.1 Å². The molecule has 2 heterocycles. The third-order valence-electron chi connectivity index (χ3n) is 4.79. The molecule has 33 heavy (non-hydrogen) atoms. The molecule has 0 saturated heterocycles. The fraction of sp³-hybridized carbons (Fsp3) is 0.130. The first-order valence-electron chi connectivity index (χ1n) is 9.66. The van der Waals surface area contributed by atoms with E-state index in [4.69, 9.17) is 9.47 Å². The average molecular weight is 459 g/mol. The van der Waals surface area contributed by atoms with E-state index in [1.165, 1.54) is 54.5 Å². The molecule has 2 aromatic carbocycles. The number of rotatable bonds is 6. The molecule has 0 aliphatic heterocycles. The van der Waals surface area contributed by atoms with Crippen molar-refractivity contribution < 1.29 is 27.0 Å². The number of nitrogens with one attached hydrogen (secondary N) is 1. The highest BCUT2D eigenvalue weighted by Gasteiger charge is 2.28. The van der Waals surface area contributed by atoms with Crippen LogP contribution in [0, 0.1) is 5.82 Å². The zero-order valence-electron chi connectivity index (χ0n) is 17.2. The number of pyridine rings is 1. The Morgan fingerprint density at radius 2 is 1.79 bits per heavy atom. The number of benzene rings is 2. The quantitative estimate of drug-likeness (QED) is 0.413. The summed E-state index contributed by atoms with van der Waals surface area (Å²) in [5, 5.41) is 4.24. The number of hydrogen-bond acceptors (Lipinski definition) is 4. The van der Waals surface area contributed by atoms with Crippen LogP contribution in [0.4, 0.5) is 17.6 Å². The molecule has 4 rings (SSSR count). The van der Waals surface area contributed by atoms with Crippen molar-refractivity contribution in [2.24, 2.45) is 0 Å². The largest absolute Gasteiger partial charge is 0.494 e. The Morgan fingerprint density at radius 3 is 2.48 bits per heavy atom. The van der Waals surface area contributed by atoms with Gasteiger partial charge in [0.1, 0.15) is 5.75 Å². The van der Waals surface area contributed by atoms with Gasteiger partial charge in [-0.05, 0) is 47.5 Å². The highest BCUT2D eigenvalue weighted by atomic mass is 19.4. The number of halogens is 4. The summed E-state index contributed by atoms with van der Waals surface area (Å²) in [6, 6.07) is 13.5. The number of alkyl halides is 3. The number of ether oxygens (including phenoxy) is 2. The second-order valence-electron chi connectivity index (χ2n) is 7.01.